The maximum Gasteiger partial charge on any atom is 0.341 e. The molecule has 0 aliphatic rings. The topological polar surface area (TPSA) is 77.6 Å². The van der Waals surface area contributed by atoms with E-state index in [1.807, 2.05) is 24.4 Å². The number of halogens is 3. The number of H-pyrrole nitrogens is 1. The van der Waals surface area contributed by atoms with Gasteiger partial charge in [0.25, 0.3) is 0 Å². The van der Waals surface area contributed by atoms with Crippen molar-refractivity contribution < 1.29 is 37.0 Å². The number of aromatic amines is 1. The molecule has 35 heavy (non-hydrogen) atoms. The predicted octanol–water partition coefficient (Wildman–Crippen LogP) is 6.42. The van der Waals surface area contributed by atoms with Crippen LogP contribution in [0.25, 0.3) is 10.9 Å². The number of fused-ring (bicyclic) bond motifs is 1. The first kappa shape index (κ1) is 25.4. The number of carbonyl (C=O) groups excluding carboxylic acids is 2. The van der Waals surface area contributed by atoms with Crippen molar-refractivity contribution in [3.05, 3.63) is 95.4 Å². The van der Waals surface area contributed by atoms with Gasteiger partial charge in [0.1, 0.15) is 34.5 Å². The lowest BCUT2D eigenvalue weighted by molar-refractivity contribution is 0.0512. The first-order valence-corrected chi connectivity index (χ1v) is 10.7. The third-order valence-corrected chi connectivity index (χ3v) is 4.62. The van der Waals surface area contributed by atoms with E-state index in [-0.39, 0.29) is 30.1 Å². The standard InChI is InChI=1S/C17H14FNO3.C9H8F2O2/c1-2-21-17(20)14-5-3-12(18)10-16(14)22-13-4-6-15-11(9-13)7-8-19-15;1-2-13-9(12)7-4-3-6(10)5-8(7)11/h3-10,19H,2H2,1H3;3-5H,2H2,1H3. The Morgan fingerprint density at radius 1 is 0.771 bits per heavy atom. The van der Waals surface area contributed by atoms with E-state index in [4.69, 9.17) is 9.47 Å². The highest BCUT2D eigenvalue weighted by Crippen LogP contribution is 2.29. The van der Waals surface area contributed by atoms with E-state index in [2.05, 4.69) is 9.72 Å². The Balaban J connectivity index is 0.000000225. The number of aromatic nitrogens is 1. The van der Waals surface area contributed by atoms with Crippen LogP contribution in [0.1, 0.15) is 34.6 Å². The summed E-state index contributed by atoms with van der Waals surface area (Å²) in [7, 11) is 0. The van der Waals surface area contributed by atoms with Gasteiger partial charge in [-0.3, -0.25) is 0 Å². The molecule has 4 aromatic rings. The molecular formula is C26H22F3NO5. The molecule has 0 aliphatic heterocycles. The molecule has 6 nitrogen and oxygen atoms in total. The Morgan fingerprint density at radius 2 is 1.40 bits per heavy atom. The Morgan fingerprint density at radius 3 is 2.06 bits per heavy atom. The van der Waals surface area contributed by atoms with E-state index in [1.165, 1.54) is 18.2 Å². The van der Waals surface area contributed by atoms with Crippen molar-refractivity contribution >= 4 is 22.8 Å². The normalized spacial score (nSPS) is 10.3. The van der Waals surface area contributed by atoms with E-state index < -0.39 is 29.4 Å². The number of ether oxygens (including phenoxy) is 3. The molecule has 0 saturated heterocycles. The lowest BCUT2D eigenvalue weighted by atomic mass is 10.2. The summed E-state index contributed by atoms with van der Waals surface area (Å²) in [6.07, 6.45) is 1.82. The monoisotopic (exact) mass is 485 g/mol. The predicted molar refractivity (Wildman–Crippen MR) is 123 cm³/mol. The van der Waals surface area contributed by atoms with E-state index in [1.54, 1.807) is 19.9 Å². The second-order valence-electron chi connectivity index (χ2n) is 7.03. The summed E-state index contributed by atoms with van der Waals surface area (Å²) in [4.78, 5) is 26.0. The minimum absolute atomic E-state index is 0.133. The van der Waals surface area contributed by atoms with Crippen molar-refractivity contribution in [3.63, 3.8) is 0 Å². The van der Waals surface area contributed by atoms with Crippen LogP contribution in [0.15, 0.2) is 66.9 Å². The molecule has 9 heteroatoms. The van der Waals surface area contributed by atoms with Gasteiger partial charge in [-0.15, -0.1) is 0 Å². The van der Waals surface area contributed by atoms with Crippen LogP contribution in [0.3, 0.4) is 0 Å². The number of carbonyl (C=O) groups is 2. The van der Waals surface area contributed by atoms with Gasteiger partial charge in [-0.1, -0.05) is 0 Å². The zero-order valence-corrected chi connectivity index (χ0v) is 18.9. The third kappa shape index (κ3) is 6.63. The molecule has 1 aromatic heterocycles. The number of hydrogen-bond acceptors (Lipinski definition) is 5. The maximum atomic E-state index is 13.5. The van der Waals surface area contributed by atoms with Crippen molar-refractivity contribution in [2.24, 2.45) is 0 Å². The van der Waals surface area contributed by atoms with Crippen LogP contribution in [-0.4, -0.2) is 30.1 Å². The van der Waals surface area contributed by atoms with E-state index in [0.717, 1.165) is 23.0 Å². The van der Waals surface area contributed by atoms with Gasteiger partial charge in [0, 0.05) is 29.2 Å². The van der Waals surface area contributed by atoms with Crippen molar-refractivity contribution in [1.82, 2.24) is 4.98 Å². The Bertz CT molecular complexity index is 1340. The first-order valence-electron chi connectivity index (χ1n) is 10.7. The molecule has 4 rings (SSSR count). The molecule has 0 bridgehead atoms. The Kier molecular flexibility index (Phi) is 8.50. The average molecular weight is 485 g/mol. The quantitative estimate of drug-likeness (QED) is 0.319. The number of hydrogen-bond donors (Lipinski definition) is 1. The van der Waals surface area contributed by atoms with Crippen molar-refractivity contribution in [2.45, 2.75) is 13.8 Å². The number of esters is 2. The number of benzene rings is 3. The van der Waals surface area contributed by atoms with Gasteiger partial charge in [0.15, 0.2) is 0 Å². The van der Waals surface area contributed by atoms with Crippen LogP contribution >= 0.6 is 0 Å². The molecule has 1 heterocycles. The second-order valence-corrected chi connectivity index (χ2v) is 7.03. The van der Waals surface area contributed by atoms with Crippen molar-refractivity contribution in [3.8, 4) is 11.5 Å². The molecule has 3 aromatic carbocycles. The minimum atomic E-state index is -0.904. The van der Waals surface area contributed by atoms with Gasteiger partial charge < -0.3 is 19.2 Å². The van der Waals surface area contributed by atoms with Gasteiger partial charge in [-0.2, -0.15) is 0 Å². The summed E-state index contributed by atoms with van der Waals surface area (Å²) < 4.78 is 53.9. The fourth-order valence-electron chi connectivity index (χ4n) is 3.04. The summed E-state index contributed by atoms with van der Waals surface area (Å²) in [5.41, 5.74) is 0.915. The molecule has 0 aliphatic carbocycles. The van der Waals surface area contributed by atoms with Crippen LogP contribution in [0.5, 0.6) is 11.5 Å². The second kappa shape index (κ2) is 11.7. The summed E-state index contributed by atoms with van der Waals surface area (Å²) in [5.74, 6) is -2.77. The molecule has 0 amide bonds. The van der Waals surface area contributed by atoms with Gasteiger partial charge in [-0.05, 0) is 62.4 Å². The molecule has 0 fully saturated rings. The number of nitrogens with one attached hydrogen (secondary N) is 1. The van der Waals surface area contributed by atoms with Crippen LogP contribution in [0.4, 0.5) is 13.2 Å². The third-order valence-electron chi connectivity index (χ3n) is 4.62. The molecule has 0 atom stereocenters. The molecule has 0 spiro atoms. The lowest BCUT2D eigenvalue weighted by Gasteiger charge is -2.11. The first-order chi connectivity index (χ1) is 16.8. The molecule has 0 unspecified atom stereocenters. The average Bonchev–Trinajstić information content (AvgIpc) is 3.28. The zero-order valence-electron chi connectivity index (χ0n) is 18.9. The summed E-state index contributed by atoms with van der Waals surface area (Å²) in [6.45, 7) is 3.72. The van der Waals surface area contributed by atoms with Crippen LogP contribution in [0.2, 0.25) is 0 Å². The van der Waals surface area contributed by atoms with Gasteiger partial charge in [-0.25, -0.2) is 22.8 Å². The van der Waals surface area contributed by atoms with Gasteiger partial charge in [0.05, 0.1) is 18.8 Å². The maximum absolute atomic E-state index is 13.5. The van der Waals surface area contributed by atoms with Crippen LogP contribution in [0, 0.1) is 17.5 Å². The summed E-state index contributed by atoms with van der Waals surface area (Å²) >= 11 is 0. The Hall–Kier alpha value is -4.27. The fraction of sp³-hybridized carbons (Fsp3) is 0.154. The minimum Gasteiger partial charge on any atom is -0.462 e. The summed E-state index contributed by atoms with van der Waals surface area (Å²) in [5, 5.41) is 0.964. The van der Waals surface area contributed by atoms with E-state index in [9.17, 15) is 22.8 Å². The van der Waals surface area contributed by atoms with Gasteiger partial charge in [0.2, 0.25) is 0 Å². The molecule has 0 saturated carbocycles. The largest absolute Gasteiger partial charge is 0.462 e. The van der Waals surface area contributed by atoms with Crippen LogP contribution in [-0.2, 0) is 9.47 Å². The highest BCUT2D eigenvalue weighted by molar-refractivity contribution is 5.92. The zero-order chi connectivity index (χ0) is 25.4. The molecular weight excluding hydrogens is 463 g/mol. The van der Waals surface area contributed by atoms with Crippen molar-refractivity contribution in [2.75, 3.05) is 13.2 Å². The highest BCUT2D eigenvalue weighted by Gasteiger charge is 2.16. The van der Waals surface area contributed by atoms with E-state index in [0.29, 0.717) is 11.8 Å². The molecule has 182 valence electrons. The lowest BCUT2D eigenvalue weighted by Crippen LogP contribution is -2.07. The smallest absolute Gasteiger partial charge is 0.341 e. The number of rotatable bonds is 6. The fourth-order valence-corrected chi connectivity index (χ4v) is 3.04. The molecule has 0 radical (unpaired) electrons. The molecule has 1 N–H and O–H groups in total. The Labute approximate surface area is 199 Å². The van der Waals surface area contributed by atoms with Crippen molar-refractivity contribution in [1.29, 1.82) is 0 Å². The van der Waals surface area contributed by atoms with Gasteiger partial charge >= 0.3 is 11.9 Å². The summed E-state index contributed by atoms with van der Waals surface area (Å²) in [6, 6.07) is 13.8. The van der Waals surface area contributed by atoms with E-state index >= 15 is 0 Å². The highest BCUT2D eigenvalue weighted by atomic mass is 19.1. The van der Waals surface area contributed by atoms with Crippen LogP contribution < -0.4 is 4.74 Å². The SMILES string of the molecule is CCOC(=O)c1ccc(F)cc1F.CCOC(=O)c1ccc(F)cc1Oc1ccc2[nH]ccc2c1.